The molecule has 10 heavy (non-hydrogen) atoms. The van der Waals surface area contributed by atoms with E-state index in [-0.39, 0.29) is 11.5 Å². The molecule has 0 rings (SSSR count). The Labute approximate surface area is 64.5 Å². The molecule has 0 aliphatic carbocycles. The van der Waals surface area contributed by atoms with Crippen molar-refractivity contribution in [2.24, 2.45) is 11.3 Å². The Morgan fingerprint density at radius 3 is 1.80 bits per heavy atom. The maximum Gasteiger partial charge on any atom is 0.0613 e. The fraction of sp³-hybridized carbons (Fsp3) is 1.00. The van der Waals surface area contributed by atoms with Crippen LogP contribution < -0.4 is 0 Å². The van der Waals surface area contributed by atoms with Gasteiger partial charge in [0.25, 0.3) is 0 Å². The summed E-state index contributed by atoms with van der Waals surface area (Å²) in [6.07, 6.45) is 0.865. The van der Waals surface area contributed by atoms with Crippen LogP contribution in [0.25, 0.3) is 0 Å². The van der Waals surface area contributed by atoms with Crippen molar-refractivity contribution in [3.63, 3.8) is 0 Å². The normalized spacial score (nSPS) is 15.9. The molecule has 0 bridgehead atoms. The lowest BCUT2D eigenvalue weighted by Gasteiger charge is -2.31. The monoisotopic (exact) mass is 144 g/mol. The summed E-state index contributed by atoms with van der Waals surface area (Å²) < 4.78 is 0. The Morgan fingerprint density at radius 1 is 1.30 bits per heavy atom. The number of aliphatic hydroxyl groups is 1. The molecule has 0 fully saturated rings. The maximum absolute atomic E-state index is 9.65. The molecule has 0 radical (unpaired) electrons. The molecule has 0 amide bonds. The first kappa shape index (κ1) is 9.96. The van der Waals surface area contributed by atoms with Crippen LogP contribution in [-0.4, -0.2) is 11.2 Å². The molecule has 0 saturated carbocycles. The highest BCUT2D eigenvalue weighted by atomic mass is 16.3. The molecule has 1 unspecified atom stereocenters. The Balaban J connectivity index is 4.03. The smallest absolute Gasteiger partial charge is 0.0613 e. The van der Waals surface area contributed by atoms with Gasteiger partial charge in [-0.1, -0.05) is 34.6 Å². The third-order valence-corrected chi connectivity index (χ3v) is 2.34. The van der Waals surface area contributed by atoms with E-state index in [9.17, 15) is 5.11 Å². The second-order valence-corrected chi connectivity index (χ2v) is 4.03. The van der Waals surface area contributed by atoms with Crippen LogP contribution in [-0.2, 0) is 0 Å². The summed E-state index contributed by atoms with van der Waals surface area (Å²) in [5.41, 5.74) is 0.0775. The van der Waals surface area contributed by atoms with E-state index < -0.39 is 0 Å². The highest BCUT2D eigenvalue weighted by Crippen LogP contribution is 2.28. The van der Waals surface area contributed by atoms with Gasteiger partial charge in [0.15, 0.2) is 0 Å². The van der Waals surface area contributed by atoms with E-state index in [1.165, 1.54) is 0 Å². The summed E-state index contributed by atoms with van der Waals surface area (Å²) in [6.45, 7) is 10.4. The molecular weight excluding hydrogens is 124 g/mol. The topological polar surface area (TPSA) is 20.2 Å². The predicted octanol–water partition coefficient (Wildman–Crippen LogP) is 2.44. The third kappa shape index (κ3) is 2.30. The van der Waals surface area contributed by atoms with E-state index in [2.05, 4.69) is 34.6 Å². The molecule has 1 nitrogen and oxygen atoms in total. The minimum atomic E-state index is -0.169. The average Bonchev–Trinajstić information content (AvgIpc) is 1.86. The number of aliphatic hydroxyl groups excluding tert-OH is 1. The van der Waals surface area contributed by atoms with E-state index in [4.69, 9.17) is 0 Å². The van der Waals surface area contributed by atoms with Crippen LogP contribution in [0.2, 0.25) is 0 Å². The molecule has 0 heterocycles. The van der Waals surface area contributed by atoms with Crippen molar-refractivity contribution in [1.82, 2.24) is 0 Å². The van der Waals surface area contributed by atoms with Gasteiger partial charge in [0.05, 0.1) is 6.10 Å². The molecule has 0 aromatic carbocycles. The van der Waals surface area contributed by atoms with Gasteiger partial charge >= 0.3 is 0 Å². The Morgan fingerprint density at radius 2 is 1.70 bits per heavy atom. The van der Waals surface area contributed by atoms with Gasteiger partial charge in [-0.2, -0.15) is 0 Å². The zero-order valence-corrected chi connectivity index (χ0v) is 7.81. The first-order chi connectivity index (χ1) is 4.41. The fourth-order valence-corrected chi connectivity index (χ4v) is 1.11. The van der Waals surface area contributed by atoms with E-state index >= 15 is 0 Å². The zero-order chi connectivity index (χ0) is 8.36. The van der Waals surface area contributed by atoms with Crippen LogP contribution in [0.5, 0.6) is 0 Å². The lowest BCUT2D eigenvalue weighted by atomic mass is 9.79. The average molecular weight is 144 g/mol. The first-order valence-electron chi connectivity index (χ1n) is 4.10. The van der Waals surface area contributed by atoms with Crippen molar-refractivity contribution in [3.8, 4) is 0 Å². The van der Waals surface area contributed by atoms with Gasteiger partial charge in [-0.3, -0.25) is 0 Å². The van der Waals surface area contributed by atoms with Gasteiger partial charge in [-0.05, 0) is 17.8 Å². The zero-order valence-electron chi connectivity index (χ0n) is 7.81. The molecule has 0 aliphatic heterocycles. The van der Waals surface area contributed by atoms with Gasteiger partial charge in [0.1, 0.15) is 0 Å². The van der Waals surface area contributed by atoms with Crippen molar-refractivity contribution < 1.29 is 5.11 Å². The largest absolute Gasteiger partial charge is 0.392 e. The number of rotatable bonds is 3. The summed E-state index contributed by atoms with van der Waals surface area (Å²) in [6, 6.07) is 0. The van der Waals surface area contributed by atoms with Crippen molar-refractivity contribution in [1.29, 1.82) is 0 Å². The van der Waals surface area contributed by atoms with Gasteiger partial charge in [0, 0.05) is 0 Å². The molecule has 1 N–H and O–H groups in total. The Hall–Kier alpha value is -0.0400. The SMILES string of the molecule is CCC(C)(C)C(O)C(C)C. The van der Waals surface area contributed by atoms with Crippen LogP contribution in [0.3, 0.4) is 0 Å². The minimum Gasteiger partial charge on any atom is -0.392 e. The molecule has 62 valence electrons. The molecule has 0 saturated heterocycles. The van der Waals surface area contributed by atoms with Crippen LogP contribution in [0.15, 0.2) is 0 Å². The van der Waals surface area contributed by atoms with Crippen LogP contribution in [0, 0.1) is 11.3 Å². The maximum atomic E-state index is 9.65. The van der Waals surface area contributed by atoms with Gasteiger partial charge in [0.2, 0.25) is 0 Å². The number of hydrogen-bond donors (Lipinski definition) is 1. The molecular formula is C9H20O. The van der Waals surface area contributed by atoms with E-state index in [1.807, 2.05) is 0 Å². The molecule has 0 spiro atoms. The lowest BCUT2D eigenvalue weighted by Crippen LogP contribution is -2.32. The Bertz CT molecular complexity index is 94.9. The minimum absolute atomic E-state index is 0.0775. The van der Waals surface area contributed by atoms with E-state index in [0.717, 1.165) is 6.42 Å². The van der Waals surface area contributed by atoms with E-state index in [1.54, 1.807) is 0 Å². The predicted molar refractivity (Wildman–Crippen MR) is 44.9 cm³/mol. The highest BCUT2D eigenvalue weighted by Gasteiger charge is 2.27. The molecule has 0 aromatic rings. The summed E-state index contributed by atoms with van der Waals surface area (Å²) in [7, 11) is 0. The van der Waals surface area contributed by atoms with Crippen LogP contribution in [0.4, 0.5) is 0 Å². The first-order valence-corrected chi connectivity index (χ1v) is 4.10. The Kier molecular flexibility index (Phi) is 3.37. The summed E-state index contributed by atoms with van der Waals surface area (Å²) in [5, 5.41) is 9.65. The molecule has 1 atom stereocenters. The quantitative estimate of drug-likeness (QED) is 0.645. The van der Waals surface area contributed by atoms with Crippen molar-refractivity contribution in [2.75, 3.05) is 0 Å². The van der Waals surface area contributed by atoms with Crippen molar-refractivity contribution in [2.45, 2.75) is 47.1 Å². The lowest BCUT2D eigenvalue weighted by molar-refractivity contribution is 0.0110. The highest BCUT2D eigenvalue weighted by molar-refractivity contribution is 4.78. The molecule has 1 heteroatoms. The van der Waals surface area contributed by atoms with Crippen LogP contribution >= 0.6 is 0 Å². The van der Waals surface area contributed by atoms with Gasteiger partial charge in [-0.25, -0.2) is 0 Å². The molecule has 0 aliphatic rings. The molecule has 0 aromatic heterocycles. The van der Waals surface area contributed by atoms with Crippen molar-refractivity contribution >= 4 is 0 Å². The van der Waals surface area contributed by atoms with E-state index in [0.29, 0.717) is 5.92 Å². The second kappa shape index (κ2) is 3.38. The third-order valence-electron chi connectivity index (χ3n) is 2.34. The fourth-order valence-electron chi connectivity index (χ4n) is 1.11. The van der Waals surface area contributed by atoms with Gasteiger partial charge in [-0.15, -0.1) is 0 Å². The summed E-state index contributed by atoms with van der Waals surface area (Å²) in [4.78, 5) is 0. The summed E-state index contributed by atoms with van der Waals surface area (Å²) >= 11 is 0. The second-order valence-electron chi connectivity index (χ2n) is 4.03. The van der Waals surface area contributed by atoms with Gasteiger partial charge < -0.3 is 5.11 Å². The van der Waals surface area contributed by atoms with Crippen molar-refractivity contribution in [3.05, 3.63) is 0 Å². The number of hydrogen-bond acceptors (Lipinski definition) is 1. The summed E-state index contributed by atoms with van der Waals surface area (Å²) in [5.74, 6) is 0.370. The van der Waals surface area contributed by atoms with Crippen LogP contribution in [0.1, 0.15) is 41.0 Å². The standard InChI is InChI=1S/C9H20O/c1-6-9(4,5)8(10)7(2)3/h7-8,10H,6H2,1-5H3.